The molecule has 20 heavy (non-hydrogen) atoms. The van der Waals surface area contributed by atoms with Gasteiger partial charge in [0.15, 0.2) is 0 Å². The Morgan fingerprint density at radius 2 is 2.10 bits per heavy atom. The summed E-state index contributed by atoms with van der Waals surface area (Å²) in [5.74, 6) is 0. The molecule has 1 aromatic carbocycles. The van der Waals surface area contributed by atoms with Crippen molar-refractivity contribution in [1.29, 1.82) is 0 Å². The molecular formula is C16H17N3O. The molecule has 0 saturated heterocycles. The lowest BCUT2D eigenvalue weighted by Gasteiger charge is -2.13. The number of aliphatic hydroxyl groups is 1. The van der Waals surface area contributed by atoms with Crippen molar-refractivity contribution in [2.24, 2.45) is 7.05 Å². The van der Waals surface area contributed by atoms with E-state index in [2.05, 4.69) is 10.1 Å². The van der Waals surface area contributed by atoms with Crippen molar-refractivity contribution in [1.82, 2.24) is 14.8 Å². The average molecular weight is 267 g/mol. The van der Waals surface area contributed by atoms with E-state index in [1.54, 1.807) is 17.1 Å². The summed E-state index contributed by atoms with van der Waals surface area (Å²) < 4.78 is 1.75. The molecule has 0 aliphatic rings. The Morgan fingerprint density at radius 1 is 1.25 bits per heavy atom. The van der Waals surface area contributed by atoms with Gasteiger partial charge in [0.1, 0.15) is 6.10 Å². The number of hydrogen-bond acceptors (Lipinski definition) is 3. The summed E-state index contributed by atoms with van der Waals surface area (Å²) in [7, 11) is 1.88. The van der Waals surface area contributed by atoms with E-state index in [0.717, 1.165) is 34.0 Å². The average Bonchev–Trinajstić information content (AvgIpc) is 2.87. The molecule has 0 radical (unpaired) electrons. The van der Waals surface area contributed by atoms with E-state index in [9.17, 15) is 5.11 Å². The van der Waals surface area contributed by atoms with Crippen molar-refractivity contribution in [3.05, 3.63) is 59.7 Å². The van der Waals surface area contributed by atoms with Gasteiger partial charge >= 0.3 is 0 Å². The van der Waals surface area contributed by atoms with Gasteiger partial charge < -0.3 is 5.11 Å². The smallest absolute Gasteiger partial charge is 0.108 e. The number of aliphatic hydroxyl groups excluding tert-OH is 1. The summed E-state index contributed by atoms with van der Waals surface area (Å²) in [6, 6.07) is 7.89. The Balaban J connectivity index is 2.15. The van der Waals surface area contributed by atoms with Crippen LogP contribution >= 0.6 is 0 Å². The maximum Gasteiger partial charge on any atom is 0.108 e. The van der Waals surface area contributed by atoms with Crippen molar-refractivity contribution in [2.75, 3.05) is 0 Å². The molecule has 0 spiro atoms. The fourth-order valence-corrected chi connectivity index (χ4v) is 2.60. The maximum atomic E-state index is 10.7. The molecule has 3 aromatic rings. The highest BCUT2D eigenvalue weighted by Crippen LogP contribution is 2.29. The van der Waals surface area contributed by atoms with Crippen molar-refractivity contribution < 1.29 is 5.11 Å². The molecule has 2 aromatic heterocycles. The number of benzene rings is 1. The van der Waals surface area contributed by atoms with E-state index in [0.29, 0.717) is 0 Å². The summed E-state index contributed by atoms with van der Waals surface area (Å²) >= 11 is 0. The number of hydrogen-bond donors (Lipinski definition) is 1. The molecule has 0 saturated carbocycles. The van der Waals surface area contributed by atoms with E-state index in [1.165, 1.54) is 0 Å². The molecule has 1 atom stereocenters. The van der Waals surface area contributed by atoms with Crippen LogP contribution in [0, 0.1) is 0 Å². The minimum absolute atomic E-state index is 0.674. The minimum atomic E-state index is -0.674. The second-order valence-electron chi connectivity index (χ2n) is 4.90. The molecule has 4 heteroatoms. The predicted octanol–water partition coefficient (Wildman–Crippen LogP) is 2.61. The summed E-state index contributed by atoms with van der Waals surface area (Å²) in [5, 5.41) is 17.2. The van der Waals surface area contributed by atoms with Gasteiger partial charge in [-0.1, -0.05) is 25.1 Å². The fourth-order valence-electron chi connectivity index (χ4n) is 2.60. The first-order chi connectivity index (χ1) is 9.70. The van der Waals surface area contributed by atoms with E-state index < -0.39 is 6.10 Å². The van der Waals surface area contributed by atoms with Crippen LogP contribution in [0.1, 0.15) is 29.8 Å². The molecule has 0 aliphatic heterocycles. The van der Waals surface area contributed by atoms with Crippen LogP contribution in [0.2, 0.25) is 0 Å². The van der Waals surface area contributed by atoms with Crippen molar-refractivity contribution >= 4 is 10.8 Å². The van der Waals surface area contributed by atoms with Gasteiger partial charge in [0, 0.05) is 36.6 Å². The summed E-state index contributed by atoms with van der Waals surface area (Å²) in [6.07, 6.45) is 5.58. The monoisotopic (exact) mass is 267 g/mol. The normalized spacial score (nSPS) is 12.8. The number of nitrogens with zero attached hydrogens (tertiary/aromatic N) is 3. The maximum absolute atomic E-state index is 10.7. The van der Waals surface area contributed by atoms with E-state index in [1.807, 2.05) is 44.4 Å². The van der Waals surface area contributed by atoms with Gasteiger partial charge in [-0.2, -0.15) is 5.10 Å². The molecule has 4 nitrogen and oxygen atoms in total. The molecule has 102 valence electrons. The number of aromatic nitrogens is 3. The lowest BCUT2D eigenvalue weighted by molar-refractivity contribution is 0.220. The van der Waals surface area contributed by atoms with Crippen LogP contribution in [0.4, 0.5) is 0 Å². The van der Waals surface area contributed by atoms with Crippen LogP contribution in [0.15, 0.2) is 42.9 Å². The van der Waals surface area contributed by atoms with Crippen LogP contribution in [0.3, 0.4) is 0 Å². The lowest BCUT2D eigenvalue weighted by Crippen LogP contribution is -2.02. The molecule has 3 rings (SSSR count). The first-order valence-corrected chi connectivity index (χ1v) is 6.74. The van der Waals surface area contributed by atoms with Gasteiger partial charge in [-0.15, -0.1) is 0 Å². The molecule has 0 fully saturated rings. The number of fused-ring (bicyclic) bond motifs is 1. The SMILES string of the molecule is CCc1nn(C)cc1C(O)c1cccc2ccncc12. The minimum Gasteiger partial charge on any atom is -0.384 e. The van der Waals surface area contributed by atoms with Crippen LogP contribution in [-0.4, -0.2) is 19.9 Å². The number of pyridine rings is 1. The second-order valence-corrected chi connectivity index (χ2v) is 4.90. The lowest BCUT2D eigenvalue weighted by atomic mass is 9.97. The van der Waals surface area contributed by atoms with E-state index >= 15 is 0 Å². The largest absolute Gasteiger partial charge is 0.384 e. The molecule has 2 heterocycles. The fraction of sp³-hybridized carbons (Fsp3) is 0.250. The van der Waals surface area contributed by atoms with Crippen molar-refractivity contribution in [2.45, 2.75) is 19.4 Å². The Kier molecular flexibility index (Phi) is 3.24. The van der Waals surface area contributed by atoms with Gasteiger partial charge in [0.2, 0.25) is 0 Å². The highest BCUT2D eigenvalue weighted by molar-refractivity contribution is 5.85. The number of aryl methyl sites for hydroxylation is 2. The molecule has 1 N–H and O–H groups in total. The molecule has 1 unspecified atom stereocenters. The zero-order chi connectivity index (χ0) is 14.1. The zero-order valence-corrected chi connectivity index (χ0v) is 11.6. The predicted molar refractivity (Wildman–Crippen MR) is 78.4 cm³/mol. The van der Waals surface area contributed by atoms with Gasteiger partial charge in [-0.05, 0) is 23.4 Å². The third-order valence-corrected chi connectivity index (χ3v) is 3.58. The summed E-state index contributed by atoms with van der Waals surface area (Å²) in [5.41, 5.74) is 2.67. The topological polar surface area (TPSA) is 50.9 Å². The Bertz CT molecular complexity index is 743. The van der Waals surface area contributed by atoms with Gasteiger partial charge in [0.25, 0.3) is 0 Å². The highest BCUT2D eigenvalue weighted by atomic mass is 16.3. The zero-order valence-electron chi connectivity index (χ0n) is 11.6. The van der Waals surface area contributed by atoms with Gasteiger partial charge in [-0.3, -0.25) is 9.67 Å². The van der Waals surface area contributed by atoms with Gasteiger partial charge in [0.05, 0.1) is 5.69 Å². The molecule has 0 bridgehead atoms. The Hall–Kier alpha value is -2.20. The Labute approximate surface area is 117 Å². The third-order valence-electron chi connectivity index (χ3n) is 3.58. The summed E-state index contributed by atoms with van der Waals surface area (Å²) in [6.45, 7) is 2.04. The first kappa shape index (κ1) is 12.8. The first-order valence-electron chi connectivity index (χ1n) is 6.74. The van der Waals surface area contributed by atoms with Crippen LogP contribution in [0.25, 0.3) is 10.8 Å². The van der Waals surface area contributed by atoms with Gasteiger partial charge in [-0.25, -0.2) is 0 Å². The van der Waals surface area contributed by atoms with Crippen LogP contribution in [0.5, 0.6) is 0 Å². The van der Waals surface area contributed by atoms with Crippen molar-refractivity contribution in [3.8, 4) is 0 Å². The highest BCUT2D eigenvalue weighted by Gasteiger charge is 2.19. The van der Waals surface area contributed by atoms with Crippen molar-refractivity contribution in [3.63, 3.8) is 0 Å². The standard InChI is InChI=1S/C16H17N3O/c1-3-15-14(10-19(2)18-15)16(20)12-6-4-5-11-7-8-17-9-13(11)12/h4-10,16,20H,3H2,1-2H3. The number of rotatable bonds is 3. The molecular weight excluding hydrogens is 250 g/mol. The Morgan fingerprint density at radius 3 is 2.90 bits per heavy atom. The summed E-state index contributed by atoms with van der Waals surface area (Å²) in [4.78, 5) is 4.17. The van der Waals surface area contributed by atoms with Crippen LogP contribution < -0.4 is 0 Å². The van der Waals surface area contributed by atoms with E-state index in [-0.39, 0.29) is 0 Å². The second kappa shape index (κ2) is 5.06. The van der Waals surface area contributed by atoms with Crippen LogP contribution in [-0.2, 0) is 13.5 Å². The molecule has 0 amide bonds. The molecule has 0 aliphatic carbocycles. The van der Waals surface area contributed by atoms with E-state index in [4.69, 9.17) is 0 Å². The third kappa shape index (κ3) is 2.08. The quantitative estimate of drug-likeness (QED) is 0.793.